The van der Waals surface area contributed by atoms with Crippen LogP contribution in [0.2, 0.25) is 0 Å². The van der Waals surface area contributed by atoms with Crippen LogP contribution in [-0.2, 0) is 6.42 Å². The van der Waals surface area contributed by atoms with Crippen molar-refractivity contribution in [1.82, 2.24) is 4.98 Å². The van der Waals surface area contributed by atoms with Crippen molar-refractivity contribution >= 4 is 17.4 Å². The summed E-state index contributed by atoms with van der Waals surface area (Å²) in [5.41, 5.74) is 6.86. The second-order valence-corrected chi connectivity index (χ2v) is 4.06. The van der Waals surface area contributed by atoms with Gasteiger partial charge in [0.05, 0.1) is 5.69 Å². The third-order valence-electron chi connectivity index (χ3n) is 2.64. The lowest BCUT2D eigenvalue weighted by atomic mass is 10.1. The van der Waals surface area contributed by atoms with E-state index in [9.17, 15) is 9.18 Å². The van der Waals surface area contributed by atoms with Gasteiger partial charge in [-0.15, -0.1) is 0 Å². The highest BCUT2D eigenvalue weighted by molar-refractivity contribution is 6.04. The zero-order chi connectivity index (χ0) is 13.8. The van der Waals surface area contributed by atoms with Gasteiger partial charge in [0.15, 0.2) is 0 Å². The number of nitrogens with zero attached hydrogens (tertiary/aromatic N) is 1. The van der Waals surface area contributed by atoms with Crippen LogP contribution in [0.3, 0.4) is 0 Å². The van der Waals surface area contributed by atoms with E-state index in [1.54, 1.807) is 18.2 Å². The number of halogens is 1. The number of nitrogen functional groups attached to an aromatic ring is 1. The Hall–Kier alpha value is -2.43. The number of nitrogens with two attached hydrogens (primary N) is 1. The van der Waals surface area contributed by atoms with Gasteiger partial charge in [0, 0.05) is 11.3 Å². The summed E-state index contributed by atoms with van der Waals surface area (Å²) in [4.78, 5) is 16.1. The minimum Gasteiger partial charge on any atom is -0.384 e. The average molecular weight is 259 g/mol. The lowest BCUT2D eigenvalue weighted by Gasteiger charge is -2.08. The molecule has 1 heterocycles. The lowest BCUT2D eigenvalue weighted by Crippen LogP contribution is -2.14. The topological polar surface area (TPSA) is 68.0 Å². The maximum Gasteiger partial charge on any atom is 0.255 e. The van der Waals surface area contributed by atoms with E-state index in [0.717, 1.165) is 5.69 Å². The Kier molecular flexibility index (Phi) is 3.75. The molecule has 1 aromatic heterocycles. The van der Waals surface area contributed by atoms with Gasteiger partial charge in [-0.2, -0.15) is 0 Å². The predicted molar refractivity (Wildman–Crippen MR) is 72.4 cm³/mol. The summed E-state index contributed by atoms with van der Waals surface area (Å²) < 4.78 is 13.4. The normalized spacial score (nSPS) is 10.2. The summed E-state index contributed by atoms with van der Waals surface area (Å²) in [5, 5.41) is 2.51. The van der Waals surface area contributed by atoms with E-state index >= 15 is 0 Å². The van der Waals surface area contributed by atoms with Gasteiger partial charge in [0.25, 0.3) is 5.91 Å². The fourth-order valence-corrected chi connectivity index (χ4v) is 1.68. The van der Waals surface area contributed by atoms with Crippen LogP contribution >= 0.6 is 0 Å². The molecule has 4 nitrogen and oxygen atoms in total. The van der Waals surface area contributed by atoms with Gasteiger partial charge in [0.2, 0.25) is 0 Å². The maximum atomic E-state index is 13.4. The van der Waals surface area contributed by atoms with Crippen LogP contribution in [0.4, 0.5) is 15.9 Å². The second kappa shape index (κ2) is 5.48. The Morgan fingerprint density at radius 3 is 2.79 bits per heavy atom. The van der Waals surface area contributed by atoms with Crippen LogP contribution in [0.25, 0.3) is 0 Å². The molecule has 5 heteroatoms. The minimum absolute atomic E-state index is 0.140. The molecule has 1 aromatic carbocycles. The molecule has 19 heavy (non-hydrogen) atoms. The number of anilines is 2. The molecule has 0 saturated heterocycles. The molecule has 2 rings (SSSR count). The molecule has 0 bridgehead atoms. The molecule has 0 fully saturated rings. The molecule has 0 radical (unpaired) electrons. The second-order valence-electron chi connectivity index (χ2n) is 4.06. The Morgan fingerprint density at radius 2 is 2.11 bits per heavy atom. The predicted octanol–water partition coefficient (Wildman–Crippen LogP) is 2.62. The first-order valence-electron chi connectivity index (χ1n) is 5.92. The van der Waals surface area contributed by atoms with Crippen molar-refractivity contribution in [2.45, 2.75) is 13.3 Å². The molecule has 0 spiro atoms. The van der Waals surface area contributed by atoms with E-state index in [4.69, 9.17) is 5.73 Å². The molecule has 3 N–H and O–H groups in total. The standard InChI is InChI=1S/C14H14FN3O/c1-2-10-7-9(8-13(16)17-10)14(19)18-12-6-4-3-5-11(12)15/h3-8H,2H2,1H3,(H2,16,17)(H,18,19). The van der Waals surface area contributed by atoms with Crippen LogP contribution < -0.4 is 11.1 Å². The average Bonchev–Trinajstić information content (AvgIpc) is 2.40. The number of carbonyl (C=O) groups is 1. The number of aromatic nitrogens is 1. The third kappa shape index (κ3) is 3.07. The number of para-hydroxylation sites is 1. The van der Waals surface area contributed by atoms with Crippen molar-refractivity contribution in [3.8, 4) is 0 Å². The highest BCUT2D eigenvalue weighted by atomic mass is 19.1. The van der Waals surface area contributed by atoms with Gasteiger partial charge < -0.3 is 11.1 Å². The molecule has 98 valence electrons. The van der Waals surface area contributed by atoms with Crippen LogP contribution in [-0.4, -0.2) is 10.9 Å². The number of hydrogen-bond acceptors (Lipinski definition) is 3. The highest BCUT2D eigenvalue weighted by Crippen LogP contribution is 2.15. The minimum atomic E-state index is -0.478. The number of hydrogen-bond donors (Lipinski definition) is 2. The van der Waals surface area contributed by atoms with Gasteiger partial charge in [-0.25, -0.2) is 9.37 Å². The zero-order valence-corrected chi connectivity index (χ0v) is 10.5. The molecule has 0 saturated carbocycles. The summed E-state index contributed by atoms with van der Waals surface area (Å²) in [6.07, 6.45) is 0.672. The van der Waals surface area contributed by atoms with Gasteiger partial charge in [0.1, 0.15) is 11.6 Å². The first kappa shape index (κ1) is 13.0. The van der Waals surface area contributed by atoms with Gasteiger partial charge in [-0.05, 0) is 30.7 Å². The molecule has 0 aliphatic heterocycles. The van der Waals surface area contributed by atoms with Crippen molar-refractivity contribution in [1.29, 1.82) is 0 Å². The number of pyridine rings is 1. The number of rotatable bonds is 3. The molecule has 2 aromatic rings. The summed E-state index contributed by atoms with van der Waals surface area (Å²) in [5.74, 6) is -0.611. The highest BCUT2D eigenvalue weighted by Gasteiger charge is 2.10. The Morgan fingerprint density at radius 1 is 1.37 bits per heavy atom. The van der Waals surface area contributed by atoms with Crippen LogP contribution in [0.1, 0.15) is 23.0 Å². The summed E-state index contributed by atoms with van der Waals surface area (Å²) in [7, 11) is 0. The van der Waals surface area contributed by atoms with E-state index in [0.29, 0.717) is 12.0 Å². The van der Waals surface area contributed by atoms with Crippen LogP contribution in [0, 0.1) is 5.82 Å². The molecule has 0 aliphatic carbocycles. The van der Waals surface area contributed by atoms with E-state index in [2.05, 4.69) is 10.3 Å². The quantitative estimate of drug-likeness (QED) is 0.890. The van der Waals surface area contributed by atoms with Crippen LogP contribution in [0.15, 0.2) is 36.4 Å². The molecular weight excluding hydrogens is 245 g/mol. The number of benzene rings is 1. The zero-order valence-electron chi connectivity index (χ0n) is 10.5. The molecular formula is C14H14FN3O. The van der Waals surface area contributed by atoms with E-state index in [1.165, 1.54) is 18.2 Å². The van der Waals surface area contributed by atoms with E-state index in [-0.39, 0.29) is 11.5 Å². The van der Waals surface area contributed by atoms with Gasteiger partial charge in [-0.1, -0.05) is 19.1 Å². The summed E-state index contributed by atoms with van der Waals surface area (Å²) in [6, 6.07) is 9.11. The lowest BCUT2D eigenvalue weighted by molar-refractivity contribution is 0.102. The van der Waals surface area contributed by atoms with Crippen molar-refractivity contribution in [3.05, 3.63) is 53.5 Å². The smallest absolute Gasteiger partial charge is 0.255 e. The molecule has 0 unspecified atom stereocenters. The monoisotopic (exact) mass is 259 g/mol. The largest absolute Gasteiger partial charge is 0.384 e. The number of nitrogens with one attached hydrogen (secondary N) is 1. The first-order valence-corrected chi connectivity index (χ1v) is 5.92. The Labute approximate surface area is 110 Å². The third-order valence-corrected chi connectivity index (χ3v) is 2.64. The maximum absolute atomic E-state index is 13.4. The molecule has 0 aliphatic rings. The van der Waals surface area contributed by atoms with E-state index in [1.807, 2.05) is 6.92 Å². The molecule has 0 atom stereocenters. The fourth-order valence-electron chi connectivity index (χ4n) is 1.68. The number of carbonyl (C=O) groups excluding carboxylic acids is 1. The molecule has 1 amide bonds. The Bertz CT molecular complexity index is 613. The van der Waals surface area contributed by atoms with Crippen molar-refractivity contribution in [2.75, 3.05) is 11.1 Å². The van der Waals surface area contributed by atoms with Crippen LogP contribution in [0.5, 0.6) is 0 Å². The SMILES string of the molecule is CCc1cc(C(=O)Nc2ccccc2F)cc(N)n1. The van der Waals surface area contributed by atoms with Crippen molar-refractivity contribution < 1.29 is 9.18 Å². The van der Waals surface area contributed by atoms with Crippen molar-refractivity contribution in [2.24, 2.45) is 0 Å². The van der Waals surface area contributed by atoms with Crippen molar-refractivity contribution in [3.63, 3.8) is 0 Å². The number of amides is 1. The van der Waals surface area contributed by atoms with Gasteiger partial charge in [-0.3, -0.25) is 4.79 Å². The summed E-state index contributed by atoms with van der Waals surface area (Å²) >= 11 is 0. The Balaban J connectivity index is 2.25. The summed E-state index contributed by atoms with van der Waals surface area (Å²) in [6.45, 7) is 1.92. The number of aryl methyl sites for hydroxylation is 1. The first-order chi connectivity index (χ1) is 9.10. The van der Waals surface area contributed by atoms with E-state index < -0.39 is 11.7 Å². The fraction of sp³-hybridized carbons (Fsp3) is 0.143. The van der Waals surface area contributed by atoms with Gasteiger partial charge >= 0.3 is 0 Å².